The van der Waals surface area contributed by atoms with Crippen LogP contribution in [0.25, 0.3) is 53.6 Å². The van der Waals surface area contributed by atoms with Crippen LogP contribution in [-0.2, 0) is 16.2 Å². The third-order valence-electron chi connectivity index (χ3n) is 12.9. The molecule has 0 radical (unpaired) electrons. The molecule has 0 spiro atoms. The van der Waals surface area contributed by atoms with Crippen molar-refractivity contribution in [2.75, 3.05) is 4.90 Å². The van der Waals surface area contributed by atoms with Crippen molar-refractivity contribution >= 4 is 48.6 Å². The molecule has 2 aliphatic carbocycles. The van der Waals surface area contributed by atoms with Crippen LogP contribution in [0.2, 0.25) is 0 Å². The molecule has 0 atom stereocenters. The van der Waals surface area contributed by atoms with E-state index in [0.29, 0.717) is 0 Å². The Bertz CT molecular complexity index is 2780. The van der Waals surface area contributed by atoms with Gasteiger partial charge in [-0.2, -0.15) is 0 Å². The second kappa shape index (κ2) is 12.3. The molecule has 0 aliphatic heterocycles. The molecule has 0 fully saturated rings. The lowest BCUT2D eigenvalue weighted by Crippen LogP contribution is -2.34. The summed E-state index contributed by atoms with van der Waals surface area (Å²) in [7, 11) is 0. The highest BCUT2D eigenvalue weighted by Gasteiger charge is 2.41. The lowest BCUT2D eigenvalue weighted by Gasteiger charge is -2.43. The number of thiophene rings is 1. The minimum Gasteiger partial charge on any atom is -0.310 e. The molecule has 1 nitrogen and oxygen atoms in total. The monoisotopic (exact) mass is 729 g/mol. The summed E-state index contributed by atoms with van der Waals surface area (Å²) in [5.74, 6) is 0. The van der Waals surface area contributed by atoms with E-state index in [1.165, 1.54) is 93.6 Å². The van der Waals surface area contributed by atoms with Crippen LogP contribution < -0.4 is 4.90 Å². The predicted octanol–water partition coefficient (Wildman–Crippen LogP) is 15.5. The second-order valence-electron chi connectivity index (χ2n) is 17.6. The van der Waals surface area contributed by atoms with E-state index < -0.39 is 0 Å². The predicted molar refractivity (Wildman–Crippen MR) is 238 cm³/mol. The maximum absolute atomic E-state index is 2.55. The summed E-state index contributed by atoms with van der Waals surface area (Å²) in [5.41, 5.74) is 17.1. The molecule has 270 valence electrons. The Morgan fingerprint density at radius 1 is 0.436 bits per heavy atom. The van der Waals surface area contributed by atoms with Gasteiger partial charge >= 0.3 is 0 Å². The SMILES string of the molecule is CC1(C)CCC(C)(C)c2c(-c3cc4c(cc3N(c3ccc(-c5ccccc5)cc3)c3ccc5sc6ccccc6c5c3)C(C)(C)c3ccccc3-4)cccc21. The first-order valence-electron chi connectivity index (χ1n) is 19.8. The summed E-state index contributed by atoms with van der Waals surface area (Å²) in [4.78, 5) is 2.55. The van der Waals surface area contributed by atoms with Crippen molar-refractivity contribution in [2.45, 2.75) is 70.6 Å². The molecule has 0 amide bonds. The Labute approximate surface area is 329 Å². The molecule has 0 saturated heterocycles. The third-order valence-corrected chi connectivity index (χ3v) is 14.1. The molecule has 0 N–H and O–H groups in total. The average molecular weight is 730 g/mol. The van der Waals surface area contributed by atoms with Crippen molar-refractivity contribution in [1.29, 1.82) is 0 Å². The molecule has 2 heteroatoms. The molecular weight excluding hydrogens is 683 g/mol. The first-order chi connectivity index (χ1) is 26.5. The maximum Gasteiger partial charge on any atom is 0.0543 e. The van der Waals surface area contributed by atoms with Gasteiger partial charge in [0.2, 0.25) is 0 Å². The molecule has 2 aliphatic rings. The Hall–Kier alpha value is -5.44. The fraction of sp³-hybridized carbons (Fsp3) is 0.208. The number of nitrogens with zero attached hydrogens (tertiary/aromatic N) is 1. The van der Waals surface area contributed by atoms with Gasteiger partial charge in [0.15, 0.2) is 0 Å². The molecule has 55 heavy (non-hydrogen) atoms. The number of rotatable bonds is 5. The average Bonchev–Trinajstić information content (AvgIpc) is 3.68. The highest BCUT2D eigenvalue weighted by atomic mass is 32.1. The number of fused-ring (bicyclic) bond motifs is 7. The second-order valence-corrected chi connectivity index (χ2v) is 18.7. The van der Waals surface area contributed by atoms with Gasteiger partial charge in [-0.25, -0.2) is 0 Å². The fourth-order valence-electron chi connectivity index (χ4n) is 9.81. The minimum atomic E-state index is -0.146. The summed E-state index contributed by atoms with van der Waals surface area (Å²) < 4.78 is 2.64. The summed E-state index contributed by atoms with van der Waals surface area (Å²) in [5, 5.41) is 2.62. The van der Waals surface area contributed by atoms with E-state index in [-0.39, 0.29) is 16.2 Å². The van der Waals surface area contributed by atoms with Gasteiger partial charge in [-0.15, -0.1) is 11.3 Å². The van der Waals surface area contributed by atoms with Crippen molar-refractivity contribution in [2.24, 2.45) is 0 Å². The zero-order chi connectivity index (χ0) is 37.7. The number of hydrogen-bond donors (Lipinski definition) is 0. The van der Waals surface area contributed by atoms with Crippen molar-refractivity contribution in [3.05, 3.63) is 174 Å². The molecule has 1 aromatic heterocycles. The van der Waals surface area contributed by atoms with E-state index in [2.05, 4.69) is 198 Å². The molecular formula is C53H47NS. The van der Waals surface area contributed by atoms with E-state index >= 15 is 0 Å². The van der Waals surface area contributed by atoms with E-state index in [1.54, 1.807) is 0 Å². The van der Waals surface area contributed by atoms with Crippen LogP contribution in [-0.4, -0.2) is 0 Å². The summed E-state index contributed by atoms with van der Waals surface area (Å²) >= 11 is 1.88. The minimum absolute atomic E-state index is 0.0333. The van der Waals surface area contributed by atoms with Gasteiger partial charge in [0.1, 0.15) is 0 Å². The van der Waals surface area contributed by atoms with E-state index in [1.807, 2.05) is 11.3 Å². The van der Waals surface area contributed by atoms with Gasteiger partial charge in [0.05, 0.1) is 5.69 Å². The van der Waals surface area contributed by atoms with Crippen molar-refractivity contribution in [1.82, 2.24) is 0 Å². The fourth-order valence-corrected chi connectivity index (χ4v) is 10.9. The standard InChI is InChI=1S/C53H47NS/c1-51(2)29-30-52(3,4)50-40(19-14-21-45(50)51)42-32-41-38-17-10-12-20-44(38)53(5,6)46(41)33-47(42)54(36-25-23-35(24-26-36)34-15-8-7-9-16-34)37-27-28-49-43(31-37)39-18-11-13-22-48(39)55-49/h7-28,31-33H,29-30H2,1-6H3. The quantitative estimate of drug-likeness (QED) is 0.170. The number of hydrogen-bond acceptors (Lipinski definition) is 2. The highest BCUT2D eigenvalue weighted by Crippen LogP contribution is 2.56. The Morgan fingerprint density at radius 3 is 1.89 bits per heavy atom. The Morgan fingerprint density at radius 2 is 1.07 bits per heavy atom. The Balaban J connectivity index is 1.29. The largest absolute Gasteiger partial charge is 0.310 e. The van der Waals surface area contributed by atoms with Crippen LogP contribution in [0.5, 0.6) is 0 Å². The summed E-state index contributed by atoms with van der Waals surface area (Å²) in [6.45, 7) is 14.6. The molecule has 0 unspecified atom stereocenters. The van der Waals surface area contributed by atoms with Gasteiger partial charge in [-0.05, 0) is 122 Å². The molecule has 0 saturated carbocycles. The van der Waals surface area contributed by atoms with Gasteiger partial charge in [-0.3, -0.25) is 0 Å². The summed E-state index contributed by atoms with van der Waals surface area (Å²) in [6.07, 6.45) is 2.34. The van der Waals surface area contributed by atoms with Gasteiger partial charge in [-0.1, -0.05) is 145 Å². The van der Waals surface area contributed by atoms with Crippen LogP contribution in [0.4, 0.5) is 17.1 Å². The van der Waals surface area contributed by atoms with Crippen molar-refractivity contribution in [3.63, 3.8) is 0 Å². The normalized spacial score (nSPS) is 16.1. The molecule has 7 aromatic carbocycles. The van der Waals surface area contributed by atoms with Crippen LogP contribution in [0.15, 0.2) is 152 Å². The smallest absolute Gasteiger partial charge is 0.0543 e. The van der Waals surface area contributed by atoms with Crippen molar-refractivity contribution in [3.8, 4) is 33.4 Å². The summed E-state index contributed by atoms with van der Waals surface area (Å²) in [6, 6.07) is 57.2. The zero-order valence-electron chi connectivity index (χ0n) is 32.7. The van der Waals surface area contributed by atoms with Crippen LogP contribution in [0.1, 0.15) is 76.6 Å². The van der Waals surface area contributed by atoms with Gasteiger partial charge < -0.3 is 4.90 Å². The molecule has 1 heterocycles. The first kappa shape index (κ1) is 34.1. The molecule has 8 aromatic rings. The van der Waals surface area contributed by atoms with Gasteiger partial charge in [0, 0.05) is 42.5 Å². The lowest BCUT2D eigenvalue weighted by molar-refractivity contribution is 0.333. The third kappa shape index (κ3) is 5.33. The van der Waals surface area contributed by atoms with Crippen molar-refractivity contribution < 1.29 is 0 Å². The topological polar surface area (TPSA) is 3.24 Å². The van der Waals surface area contributed by atoms with Crippen LogP contribution in [0.3, 0.4) is 0 Å². The Kier molecular flexibility index (Phi) is 7.61. The maximum atomic E-state index is 2.55. The number of anilines is 3. The highest BCUT2D eigenvalue weighted by molar-refractivity contribution is 7.25. The van der Waals surface area contributed by atoms with Crippen LogP contribution >= 0.6 is 11.3 Å². The van der Waals surface area contributed by atoms with E-state index in [0.717, 1.165) is 12.1 Å². The number of benzene rings is 7. The molecule has 10 rings (SSSR count). The zero-order valence-corrected chi connectivity index (χ0v) is 33.5. The van der Waals surface area contributed by atoms with Gasteiger partial charge in [0.25, 0.3) is 0 Å². The lowest BCUT2D eigenvalue weighted by atomic mass is 9.61. The molecule has 0 bridgehead atoms. The van der Waals surface area contributed by atoms with Crippen LogP contribution in [0, 0.1) is 0 Å². The van der Waals surface area contributed by atoms with E-state index in [9.17, 15) is 0 Å². The first-order valence-corrected chi connectivity index (χ1v) is 20.6. The van der Waals surface area contributed by atoms with E-state index in [4.69, 9.17) is 0 Å².